The van der Waals surface area contributed by atoms with Gasteiger partial charge in [0.1, 0.15) is 4.47 Å². The maximum atomic E-state index is 11.7. The molecule has 0 fully saturated rings. The molecule has 0 unspecified atom stereocenters. The average molecular weight is 257 g/mol. The lowest BCUT2D eigenvalue weighted by Gasteiger charge is -2.16. The van der Waals surface area contributed by atoms with Gasteiger partial charge in [0.15, 0.2) is 11.6 Å². The van der Waals surface area contributed by atoms with E-state index in [0.717, 1.165) is 6.42 Å². The molecule has 0 bridgehead atoms. The lowest BCUT2D eigenvalue weighted by atomic mass is 10.1. The normalized spacial score (nSPS) is 15.4. The third kappa shape index (κ3) is 1.32. The Kier molecular flexibility index (Phi) is 2.26. The monoisotopic (exact) mass is 256 g/mol. The highest BCUT2D eigenvalue weighted by atomic mass is 79.9. The van der Waals surface area contributed by atoms with Gasteiger partial charge in [-0.3, -0.25) is 14.2 Å². The van der Waals surface area contributed by atoms with Gasteiger partial charge in [0.25, 0.3) is 5.56 Å². The third-order valence-corrected chi connectivity index (χ3v) is 3.23. The van der Waals surface area contributed by atoms with Crippen molar-refractivity contribution < 1.29 is 4.79 Å². The minimum absolute atomic E-state index is 0.0380. The maximum Gasteiger partial charge on any atom is 0.268 e. The Bertz CT molecular complexity index is 465. The molecular formula is C9H9BrN2O2. The largest absolute Gasteiger partial charge is 0.291 e. The first-order valence-corrected chi connectivity index (χ1v) is 5.20. The molecule has 0 saturated heterocycles. The predicted molar refractivity (Wildman–Crippen MR) is 54.5 cm³/mol. The van der Waals surface area contributed by atoms with E-state index in [1.54, 1.807) is 6.92 Å². The molecule has 1 aromatic heterocycles. The van der Waals surface area contributed by atoms with Crippen LogP contribution in [-0.2, 0) is 6.54 Å². The topological polar surface area (TPSA) is 52.0 Å². The second-order valence-corrected chi connectivity index (χ2v) is 4.11. The van der Waals surface area contributed by atoms with Gasteiger partial charge in [-0.1, -0.05) is 0 Å². The molecule has 0 amide bonds. The Balaban J connectivity index is 2.76. The van der Waals surface area contributed by atoms with Crippen LogP contribution >= 0.6 is 15.9 Å². The molecule has 0 aliphatic carbocycles. The second-order valence-electron chi connectivity index (χ2n) is 3.32. The summed E-state index contributed by atoms with van der Waals surface area (Å²) in [4.78, 5) is 27.3. The number of nitrogens with zero attached hydrogens (tertiary/aromatic N) is 2. The Morgan fingerprint density at radius 3 is 2.86 bits per heavy atom. The Labute approximate surface area is 89.1 Å². The number of halogens is 1. The van der Waals surface area contributed by atoms with Crippen molar-refractivity contribution in [1.29, 1.82) is 0 Å². The van der Waals surface area contributed by atoms with Crippen LogP contribution in [0.3, 0.4) is 0 Å². The van der Waals surface area contributed by atoms with Gasteiger partial charge in [-0.05, 0) is 29.3 Å². The first-order chi connectivity index (χ1) is 6.61. The number of carbonyl (C=O) groups excluding carboxylic acids is 1. The van der Waals surface area contributed by atoms with E-state index in [1.165, 1.54) is 4.57 Å². The van der Waals surface area contributed by atoms with Crippen molar-refractivity contribution >= 4 is 21.7 Å². The van der Waals surface area contributed by atoms with Gasteiger partial charge in [0, 0.05) is 13.0 Å². The van der Waals surface area contributed by atoms with Gasteiger partial charge in [0.05, 0.1) is 5.69 Å². The summed E-state index contributed by atoms with van der Waals surface area (Å²) in [6.07, 6.45) is 1.22. The highest BCUT2D eigenvalue weighted by molar-refractivity contribution is 9.10. The summed E-state index contributed by atoms with van der Waals surface area (Å²) < 4.78 is 1.90. The number of ketones is 1. The molecule has 0 radical (unpaired) electrons. The molecule has 0 N–H and O–H groups in total. The summed E-state index contributed by atoms with van der Waals surface area (Å²) in [6.45, 7) is 2.31. The van der Waals surface area contributed by atoms with Crippen molar-refractivity contribution in [3.05, 3.63) is 26.3 Å². The van der Waals surface area contributed by atoms with Crippen LogP contribution < -0.4 is 5.56 Å². The van der Waals surface area contributed by atoms with E-state index in [-0.39, 0.29) is 11.3 Å². The van der Waals surface area contributed by atoms with Crippen molar-refractivity contribution in [3.8, 4) is 0 Å². The number of hydrogen-bond acceptors (Lipinski definition) is 3. The molecule has 4 nitrogen and oxygen atoms in total. The minimum atomic E-state index is -0.152. The summed E-state index contributed by atoms with van der Waals surface area (Å²) in [7, 11) is 0. The van der Waals surface area contributed by atoms with Crippen LogP contribution in [-0.4, -0.2) is 15.3 Å². The van der Waals surface area contributed by atoms with E-state index < -0.39 is 0 Å². The molecular weight excluding hydrogens is 248 g/mol. The van der Waals surface area contributed by atoms with Crippen molar-refractivity contribution in [2.75, 3.05) is 0 Å². The number of rotatable bonds is 0. The van der Waals surface area contributed by atoms with Crippen LogP contribution in [0.2, 0.25) is 0 Å². The van der Waals surface area contributed by atoms with Crippen LogP contribution in [0, 0.1) is 6.92 Å². The number of Topliss-reactive ketones (excluding diaryl/α,β-unsaturated/α-hetero) is 1. The SMILES string of the molecule is Cc1nc2n(c(=O)c1Br)CCCC2=O. The number of aromatic nitrogens is 2. The molecule has 2 heterocycles. The number of aryl methyl sites for hydroxylation is 1. The molecule has 2 rings (SSSR count). The minimum Gasteiger partial charge on any atom is -0.291 e. The molecule has 0 saturated carbocycles. The quantitative estimate of drug-likeness (QED) is 0.703. The number of hydrogen-bond donors (Lipinski definition) is 0. The van der Waals surface area contributed by atoms with Gasteiger partial charge in [-0.25, -0.2) is 4.98 Å². The Morgan fingerprint density at radius 2 is 2.14 bits per heavy atom. The van der Waals surface area contributed by atoms with Gasteiger partial charge in [-0.15, -0.1) is 0 Å². The Hall–Kier alpha value is -0.970. The van der Waals surface area contributed by atoms with Crippen molar-refractivity contribution in [2.45, 2.75) is 26.3 Å². The average Bonchev–Trinajstić information content (AvgIpc) is 2.17. The molecule has 14 heavy (non-hydrogen) atoms. The van der Waals surface area contributed by atoms with Gasteiger partial charge in [-0.2, -0.15) is 0 Å². The standard InChI is InChI=1S/C9H9BrN2O2/c1-5-7(10)9(14)12-4-2-3-6(13)8(12)11-5/h2-4H2,1H3. The number of carbonyl (C=O) groups is 1. The van der Waals surface area contributed by atoms with Crippen LogP contribution in [0.1, 0.15) is 29.2 Å². The molecule has 5 heteroatoms. The summed E-state index contributed by atoms with van der Waals surface area (Å²) in [5, 5.41) is 0. The maximum absolute atomic E-state index is 11.7. The first kappa shape index (κ1) is 9.58. The van der Waals surface area contributed by atoms with Crippen molar-refractivity contribution in [2.24, 2.45) is 0 Å². The van der Waals surface area contributed by atoms with Crippen LogP contribution in [0.15, 0.2) is 9.27 Å². The lowest BCUT2D eigenvalue weighted by Crippen LogP contribution is -2.32. The Morgan fingerprint density at radius 1 is 1.43 bits per heavy atom. The number of fused-ring (bicyclic) bond motifs is 1. The second kappa shape index (κ2) is 3.31. The van der Waals surface area contributed by atoms with E-state index >= 15 is 0 Å². The third-order valence-electron chi connectivity index (χ3n) is 2.31. The molecule has 1 aromatic rings. The van der Waals surface area contributed by atoms with Crippen molar-refractivity contribution in [3.63, 3.8) is 0 Å². The fourth-order valence-corrected chi connectivity index (χ4v) is 1.87. The van der Waals surface area contributed by atoms with Gasteiger partial charge in [0.2, 0.25) is 0 Å². The van der Waals surface area contributed by atoms with Gasteiger partial charge < -0.3 is 0 Å². The van der Waals surface area contributed by atoms with E-state index in [4.69, 9.17) is 0 Å². The zero-order valence-electron chi connectivity index (χ0n) is 7.71. The zero-order valence-corrected chi connectivity index (χ0v) is 9.30. The summed E-state index contributed by atoms with van der Waals surface area (Å²) in [5.74, 6) is 0.269. The first-order valence-electron chi connectivity index (χ1n) is 4.41. The molecule has 1 aliphatic rings. The summed E-state index contributed by atoms with van der Waals surface area (Å²) in [6, 6.07) is 0. The fraction of sp³-hybridized carbons (Fsp3) is 0.444. The molecule has 0 atom stereocenters. The highest BCUT2D eigenvalue weighted by Crippen LogP contribution is 2.14. The van der Waals surface area contributed by atoms with Crippen LogP contribution in [0.25, 0.3) is 0 Å². The molecule has 0 aromatic carbocycles. The van der Waals surface area contributed by atoms with Gasteiger partial charge >= 0.3 is 0 Å². The zero-order chi connectivity index (χ0) is 10.3. The predicted octanol–water partition coefficient (Wildman–Crippen LogP) is 1.29. The molecule has 74 valence electrons. The molecule has 0 spiro atoms. The van der Waals surface area contributed by atoms with Crippen molar-refractivity contribution in [1.82, 2.24) is 9.55 Å². The highest BCUT2D eigenvalue weighted by Gasteiger charge is 2.21. The summed E-state index contributed by atoms with van der Waals surface area (Å²) in [5.41, 5.74) is 0.428. The van der Waals surface area contributed by atoms with E-state index in [0.29, 0.717) is 29.0 Å². The molecule has 1 aliphatic heterocycles. The van der Waals surface area contributed by atoms with E-state index in [1.807, 2.05) is 0 Å². The lowest BCUT2D eigenvalue weighted by molar-refractivity contribution is 0.0945. The van der Waals surface area contributed by atoms with Crippen LogP contribution in [0.5, 0.6) is 0 Å². The van der Waals surface area contributed by atoms with E-state index in [9.17, 15) is 9.59 Å². The van der Waals surface area contributed by atoms with E-state index in [2.05, 4.69) is 20.9 Å². The smallest absolute Gasteiger partial charge is 0.268 e. The van der Waals surface area contributed by atoms with Crippen LogP contribution in [0.4, 0.5) is 0 Å². The fourth-order valence-electron chi connectivity index (χ4n) is 1.57. The summed E-state index contributed by atoms with van der Waals surface area (Å²) >= 11 is 3.17.